The molecule has 3 fully saturated rings. The van der Waals surface area contributed by atoms with Gasteiger partial charge in [-0.25, -0.2) is 0 Å². The SMILES string of the molecule is NC1CC2C3C1CC(N)[C@H]3C[C@@H]2N. The Balaban J connectivity index is 1.94. The van der Waals surface area contributed by atoms with Crippen molar-refractivity contribution >= 4 is 0 Å². The molecule has 3 aliphatic rings. The maximum absolute atomic E-state index is 6.12. The Labute approximate surface area is 79.0 Å². The van der Waals surface area contributed by atoms with Crippen molar-refractivity contribution in [3.63, 3.8) is 0 Å². The van der Waals surface area contributed by atoms with Crippen LogP contribution < -0.4 is 17.2 Å². The first kappa shape index (κ1) is 8.21. The maximum atomic E-state index is 6.12. The number of hydrogen-bond donors (Lipinski definition) is 3. The molecule has 3 nitrogen and oxygen atoms in total. The van der Waals surface area contributed by atoms with E-state index in [0.717, 1.165) is 25.2 Å². The predicted molar refractivity (Wildman–Crippen MR) is 51.7 cm³/mol. The summed E-state index contributed by atoms with van der Waals surface area (Å²) in [7, 11) is 0. The van der Waals surface area contributed by atoms with E-state index in [-0.39, 0.29) is 0 Å². The van der Waals surface area contributed by atoms with E-state index in [1.807, 2.05) is 0 Å². The first-order valence-electron chi connectivity index (χ1n) is 5.45. The third-order valence-electron chi connectivity index (χ3n) is 4.77. The second-order valence-electron chi connectivity index (χ2n) is 5.27. The molecule has 74 valence electrons. The summed E-state index contributed by atoms with van der Waals surface area (Å²) in [5.41, 5.74) is 18.4. The molecule has 0 aromatic rings. The zero-order valence-corrected chi connectivity index (χ0v) is 7.89. The van der Waals surface area contributed by atoms with Crippen LogP contribution in [-0.2, 0) is 0 Å². The van der Waals surface area contributed by atoms with Crippen LogP contribution in [0.3, 0.4) is 0 Å². The largest absolute Gasteiger partial charge is 0.327 e. The van der Waals surface area contributed by atoms with Gasteiger partial charge in [-0.15, -0.1) is 0 Å². The number of hydrogen-bond acceptors (Lipinski definition) is 3. The molecule has 6 N–H and O–H groups in total. The highest BCUT2D eigenvalue weighted by Gasteiger charge is 2.57. The summed E-state index contributed by atoms with van der Waals surface area (Å²) in [5, 5.41) is 0. The number of rotatable bonds is 0. The Hall–Kier alpha value is -0.120. The average molecular weight is 181 g/mol. The quantitative estimate of drug-likeness (QED) is 0.478. The fraction of sp³-hybridized carbons (Fsp3) is 1.00. The lowest BCUT2D eigenvalue weighted by Gasteiger charge is -2.15. The van der Waals surface area contributed by atoms with E-state index >= 15 is 0 Å². The van der Waals surface area contributed by atoms with Crippen LogP contribution >= 0.6 is 0 Å². The van der Waals surface area contributed by atoms with Crippen molar-refractivity contribution in [3.05, 3.63) is 0 Å². The highest BCUT2D eigenvalue weighted by atomic mass is 14.9. The molecule has 0 aromatic heterocycles. The fourth-order valence-electron chi connectivity index (χ4n) is 4.27. The highest BCUT2D eigenvalue weighted by Crippen LogP contribution is 2.56. The van der Waals surface area contributed by atoms with Crippen molar-refractivity contribution in [2.75, 3.05) is 0 Å². The lowest BCUT2D eigenvalue weighted by Crippen LogP contribution is -2.27. The van der Waals surface area contributed by atoms with Gasteiger partial charge in [0.05, 0.1) is 0 Å². The van der Waals surface area contributed by atoms with E-state index in [1.54, 1.807) is 0 Å². The van der Waals surface area contributed by atoms with Crippen LogP contribution in [0.25, 0.3) is 0 Å². The Kier molecular flexibility index (Phi) is 1.56. The molecule has 0 spiro atoms. The van der Waals surface area contributed by atoms with Gasteiger partial charge in [-0.3, -0.25) is 0 Å². The average Bonchev–Trinajstić information content (AvgIpc) is 2.63. The summed E-state index contributed by atoms with van der Waals surface area (Å²) >= 11 is 0. The molecule has 0 radical (unpaired) electrons. The van der Waals surface area contributed by atoms with Crippen molar-refractivity contribution in [2.24, 2.45) is 40.9 Å². The zero-order chi connectivity index (χ0) is 9.16. The van der Waals surface area contributed by atoms with Crippen molar-refractivity contribution in [1.82, 2.24) is 0 Å². The molecule has 0 amide bonds. The molecule has 13 heavy (non-hydrogen) atoms. The van der Waals surface area contributed by atoms with Crippen molar-refractivity contribution < 1.29 is 0 Å². The van der Waals surface area contributed by atoms with Gasteiger partial charge in [0.2, 0.25) is 0 Å². The van der Waals surface area contributed by atoms with Crippen LogP contribution in [0.4, 0.5) is 0 Å². The third kappa shape index (κ3) is 0.901. The molecule has 7 atom stereocenters. The summed E-state index contributed by atoms with van der Waals surface area (Å²) < 4.78 is 0. The first-order chi connectivity index (χ1) is 6.18. The van der Waals surface area contributed by atoms with E-state index < -0.39 is 0 Å². The van der Waals surface area contributed by atoms with Crippen LogP contribution in [-0.4, -0.2) is 18.1 Å². The standard InChI is InChI=1S/C10H19N3/c11-7-1-4-8(12)3-6-9(13)2-5(7)10(4)6/h4-10H,1-3,11-13H2/t4-,5?,6?,7+,8?,9?,10?/m1/s1. The van der Waals surface area contributed by atoms with E-state index in [2.05, 4.69) is 0 Å². The molecule has 0 aliphatic heterocycles. The smallest absolute Gasteiger partial charge is 0.00739 e. The van der Waals surface area contributed by atoms with Crippen molar-refractivity contribution in [3.8, 4) is 0 Å². The van der Waals surface area contributed by atoms with Crippen LogP contribution in [0.1, 0.15) is 19.3 Å². The van der Waals surface area contributed by atoms with Gasteiger partial charge in [0.15, 0.2) is 0 Å². The molecule has 0 saturated heterocycles. The molecule has 0 heterocycles. The topological polar surface area (TPSA) is 78.1 Å². The lowest BCUT2D eigenvalue weighted by molar-refractivity contribution is 0.337. The molecule has 3 saturated carbocycles. The second-order valence-corrected chi connectivity index (χ2v) is 5.27. The maximum Gasteiger partial charge on any atom is 0.00739 e. The van der Waals surface area contributed by atoms with Gasteiger partial charge in [0, 0.05) is 18.1 Å². The highest BCUT2D eigenvalue weighted by molar-refractivity contribution is 5.11. The second kappa shape index (κ2) is 2.47. The van der Waals surface area contributed by atoms with Crippen molar-refractivity contribution in [1.29, 1.82) is 0 Å². The molecular formula is C10H19N3. The lowest BCUT2D eigenvalue weighted by atomic mass is 9.91. The molecular weight excluding hydrogens is 162 g/mol. The third-order valence-corrected chi connectivity index (χ3v) is 4.77. The van der Waals surface area contributed by atoms with Crippen LogP contribution in [0.2, 0.25) is 0 Å². The Morgan fingerprint density at radius 1 is 0.615 bits per heavy atom. The Morgan fingerprint density at radius 2 is 0.923 bits per heavy atom. The van der Waals surface area contributed by atoms with Gasteiger partial charge in [-0.2, -0.15) is 0 Å². The molecule has 3 aliphatic carbocycles. The minimum absolute atomic E-state index is 0.386. The van der Waals surface area contributed by atoms with Crippen LogP contribution in [0.15, 0.2) is 0 Å². The predicted octanol–water partition coefficient (Wildman–Crippen LogP) is -0.356. The van der Waals surface area contributed by atoms with Crippen molar-refractivity contribution in [2.45, 2.75) is 37.4 Å². The summed E-state index contributed by atoms with van der Waals surface area (Å²) in [4.78, 5) is 0. The van der Waals surface area contributed by atoms with Gasteiger partial charge in [-0.05, 0) is 42.9 Å². The minimum atomic E-state index is 0.386. The normalized spacial score (nSPS) is 64.4. The van der Waals surface area contributed by atoms with Gasteiger partial charge in [0.25, 0.3) is 0 Å². The zero-order valence-electron chi connectivity index (χ0n) is 7.89. The monoisotopic (exact) mass is 181 g/mol. The molecule has 5 unspecified atom stereocenters. The van der Waals surface area contributed by atoms with E-state index in [1.165, 1.54) is 0 Å². The Bertz CT molecular complexity index is 192. The molecule has 3 heteroatoms. The molecule has 0 aromatic carbocycles. The van der Waals surface area contributed by atoms with Gasteiger partial charge >= 0.3 is 0 Å². The number of nitrogens with two attached hydrogens (primary N) is 3. The van der Waals surface area contributed by atoms with E-state index in [4.69, 9.17) is 17.2 Å². The molecule has 0 bridgehead atoms. The summed E-state index contributed by atoms with van der Waals surface area (Å²) in [6, 6.07) is 1.16. The van der Waals surface area contributed by atoms with Crippen LogP contribution in [0.5, 0.6) is 0 Å². The van der Waals surface area contributed by atoms with Gasteiger partial charge < -0.3 is 17.2 Å². The Morgan fingerprint density at radius 3 is 1.23 bits per heavy atom. The van der Waals surface area contributed by atoms with Gasteiger partial charge in [-0.1, -0.05) is 0 Å². The van der Waals surface area contributed by atoms with Gasteiger partial charge in [0.1, 0.15) is 0 Å². The summed E-state index contributed by atoms with van der Waals surface area (Å²) in [6.45, 7) is 0. The first-order valence-corrected chi connectivity index (χ1v) is 5.45. The summed E-state index contributed by atoms with van der Waals surface area (Å²) in [5.74, 6) is 2.86. The van der Waals surface area contributed by atoms with Crippen LogP contribution in [0, 0.1) is 23.7 Å². The molecule has 3 rings (SSSR count). The van der Waals surface area contributed by atoms with E-state index in [0.29, 0.717) is 35.9 Å². The fourth-order valence-corrected chi connectivity index (χ4v) is 4.27. The summed E-state index contributed by atoms with van der Waals surface area (Å²) in [6.07, 6.45) is 3.46. The van der Waals surface area contributed by atoms with E-state index in [9.17, 15) is 0 Å². The minimum Gasteiger partial charge on any atom is -0.327 e.